The summed E-state index contributed by atoms with van der Waals surface area (Å²) >= 11 is 6.79. The lowest BCUT2D eigenvalue weighted by Crippen LogP contribution is -2.23. The van der Waals surface area contributed by atoms with E-state index in [1.54, 1.807) is 36.4 Å². The fourth-order valence-electron chi connectivity index (χ4n) is 2.51. The zero-order valence-corrected chi connectivity index (χ0v) is 17.8. The molecule has 0 aliphatic rings. The highest BCUT2D eigenvalue weighted by molar-refractivity contribution is 7.99. The molecular weight excluding hydrogens is 442 g/mol. The maximum Gasteiger partial charge on any atom is 0.277 e. The number of ether oxygens (including phenoxy) is 1. The molecule has 160 valence electrons. The van der Waals surface area contributed by atoms with Crippen molar-refractivity contribution in [2.45, 2.75) is 5.16 Å². The van der Waals surface area contributed by atoms with Crippen LogP contribution >= 0.6 is 23.4 Å². The summed E-state index contributed by atoms with van der Waals surface area (Å²) in [6.45, 7) is 0. The van der Waals surface area contributed by atoms with Gasteiger partial charge in [-0.25, -0.2) is 4.98 Å². The van der Waals surface area contributed by atoms with Gasteiger partial charge in [-0.2, -0.15) is 0 Å². The Morgan fingerprint density at radius 2 is 1.87 bits per heavy atom. The van der Waals surface area contributed by atoms with E-state index in [4.69, 9.17) is 22.1 Å². The summed E-state index contributed by atoms with van der Waals surface area (Å²) in [6, 6.07) is 13.1. The summed E-state index contributed by atoms with van der Waals surface area (Å²) in [5.41, 5.74) is 5.85. The lowest BCUT2D eigenvalue weighted by molar-refractivity contribution is -0.113. The minimum Gasteiger partial charge on any atom is -0.495 e. The van der Waals surface area contributed by atoms with Crippen LogP contribution in [-0.2, 0) is 4.79 Å². The molecule has 0 saturated carbocycles. The number of carbonyl (C=O) groups is 2. The van der Waals surface area contributed by atoms with Crippen molar-refractivity contribution in [2.75, 3.05) is 29.2 Å². The summed E-state index contributed by atoms with van der Waals surface area (Å²) < 4.78 is 5.18. The number of nitrogens with two attached hydrogens (primary N) is 1. The first-order valence-electron chi connectivity index (χ1n) is 8.89. The minimum absolute atomic E-state index is 0.0308. The van der Waals surface area contributed by atoms with Crippen LogP contribution in [0.15, 0.2) is 58.5 Å². The maximum atomic E-state index is 12.4. The van der Waals surface area contributed by atoms with Crippen molar-refractivity contribution in [1.82, 2.24) is 9.97 Å². The molecule has 0 saturated heterocycles. The number of methoxy groups -OCH3 is 1. The number of hydrogen-bond acceptors (Lipinski definition) is 7. The number of nitrogens with one attached hydrogen (secondary N) is 3. The number of aromatic nitrogens is 2. The molecule has 0 unspecified atom stereocenters. The van der Waals surface area contributed by atoms with Crippen molar-refractivity contribution < 1.29 is 14.3 Å². The highest BCUT2D eigenvalue weighted by Gasteiger charge is 2.15. The average Bonchev–Trinajstić information content (AvgIpc) is 2.75. The molecule has 5 N–H and O–H groups in total. The van der Waals surface area contributed by atoms with Crippen LogP contribution in [0.1, 0.15) is 10.4 Å². The molecule has 0 fully saturated rings. The summed E-state index contributed by atoms with van der Waals surface area (Å²) in [4.78, 5) is 43.4. The second-order valence-electron chi connectivity index (χ2n) is 6.13. The van der Waals surface area contributed by atoms with Gasteiger partial charge in [-0.15, -0.1) is 0 Å². The molecule has 0 aliphatic heterocycles. The van der Waals surface area contributed by atoms with Crippen molar-refractivity contribution in [1.29, 1.82) is 0 Å². The fourth-order valence-corrected chi connectivity index (χ4v) is 3.31. The third kappa shape index (κ3) is 5.77. The van der Waals surface area contributed by atoms with Gasteiger partial charge in [0.05, 0.1) is 18.6 Å². The Hall–Kier alpha value is -3.50. The van der Waals surface area contributed by atoms with Crippen LogP contribution in [0.25, 0.3) is 0 Å². The molecule has 2 aromatic carbocycles. The predicted molar refractivity (Wildman–Crippen MR) is 121 cm³/mol. The number of nitrogens with zero attached hydrogens (tertiary/aromatic N) is 1. The highest BCUT2D eigenvalue weighted by Crippen LogP contribution is 2.24. The zero-order valence-electron chi connectivity index (χ0n) is 16.3. The van der Waals surface area contributed by atoms with Gasteiger partial charge in [-0.1, -0.05) is 35.5 Å². The third-order valence-electron chi connectivity index (χ3n) is 3.99. The molecule has 11 heteroatoms. The SMILES string of the molecule is COc1ccccc1NC(=O)CSc1nc(N)c(NC(=O)c2ccc(Cl)cc2)c(=O)[nH]1. The molecule has 9 nitrogen and oxygen atoms in total. The monoisotopic (exact) mass is 459 g/mol. The van der Waals surface area contributed by atoms with E-state index in [2.05, 4.69) is 20.6 Å². The normalized spacial score (nSPS) is 10.4. The molecule has 1 heterocycles. The van der Waals surface area contributed by atoms with Crippen molar-refractivity contribution in [3.8, 4) is 5.75 Å². The Labute approximate surface area is 186 Å². The molecule has 1 aromatic heterocycles. The topological polar surface area (TPSA) is 139 Å². The van der Waals surface area contributed by atoms with E-state index < -0.39 is 11.5 Å². The Kier molecular flexibility index (Phi) is 7.16. The quantitative estimate of drug-likeness (QED) is 0.314. The number of hydrogen-bond donors (Lipinski definition) is 4. The smallest absolute Gasteiger partial charge is 0.277 e. The van der Waals surface area contributed by atoms with Crippen LogP contribution < -0.4 is 26.7 Å². The van der Waals surface area contributed by atoms with Gasteiger partial charge in [-0.05, 0) is 36.4 Å². The van der Waals surface area contributed by atoms with Gasteiger partial charge in [0.2, 0.25) is 5.91 Å². The Morgan fingerprint density at radius 3 is 2.55 bits per heavy atom. The van der Waals surface area contributed by atoms with E-state index in [9.17, 15) is 14.4 Å². The van der Waals surface area contributed by atoms with Gasteiger partial charge in [0.25, 0.3) is 11.5 Å². The van der Waals surface area contributed by atoms with E-state index in [1.807, 2.05) is 0 Å². The number of rotatable bonds is 7. The number of nitrogen functional groups attached to an aromatic ring is 1. The average molecular weight is 460 g/mol. The number of benzene rings is 2. The molecule has 3 aromatic rings. The van der Waals surface area contributed by atoms with Gasteiger partial charge in [0, 0.05) is 10.6 Å². The van der Waals surface area contributed by atoms with Crippen LogP contribution in [0, 0.1) is 0 Å². The van der Waals surface area contributed by atoms with Gasteiger partial charge in [-0.3, -0.25) is 19.4 Å². The van der Waals surface area contributed by atoms with E-state index in [1.165, 1.54) is 19.2 Å². The third-order valence-corrected chi connectivity index (χ3v) is 5.12. The van der Waals surface area contributed by atoms with Gasteiger partial charge in [0.15, 0.2) is 11.0 Å². The van der Waals surface area contributed by atoms with Crippen LogP contribution in [0.3, 0.4) is 0 Å². The Balaban J connectivity index is 1.64. The highest BCUT2D eigenvalue weighted by atomic mass is 35.5. The van der Waals surface area contributed by atoms with Crippen molar-refractivity contribution in [3.05, 3.63) is 69.5 Å². The first-order valence-corrected chi connectivity index (χ1v) is 10.3. The standard InChI is InChI=1S/C20H18ClN5O4S/c1-30-14-5-3-2-4-13(14)23-15(27)10-31-20-25-17(22)16(19(29)26-20)24-18(28)11-6-8-12(21)9-7-11/h2-9H,10H2,1H3,(H,23,27)(H,24,28)(H3,22,25,26,29). The Bertz CT molecular complexity index is 1170. The second kappa shape index (κ2) is 10.0. The first-order chi connectivity index (χ1) is 14.9. The maximum absolute atomic E-state index is 12.4. The minimum atomic E-state index is -0.637. The Morgan fingerprint density at radius 1 is 1.16 bits per heavy atom. The molecule has 31 heavy (non-hydrogen) atoms. The van der Waals surface area contributed by atoms with Crippen molar-refractivity contribution >= 4 is 52.4 Å². The van der Waals surface area contributed by atoms with E-state index >= 15 is 0 Å². The lowest BCUT2D eigenvalue weighted by atomic mass is 10.2. The molecule has 0 spiro atoms. The van der Waals surface area contributed by atoms with Crippen LogP contribution in [0.2, 0.25) is 5.02 Å². The molecule has 0 radical (unpaired) electrons. The largest absolute Gasteiger partial charge is 0.495 e. The van der Waals surface area contributed by atoms with E-state index in [0.29, 0.717) is 22.0 Å². The molecule has 0 aliphatic carbocycles. The van der Waals surface area contributed by atoms with Gasteiger partial charge < -0.3 is 21.1 Å². The van der Waals surface area contributed by atoms with Gasteiger partial charge in [0.1, 0.15) is 11.4 Å². The van der Waals surface area contributed by atoms with Gasteiger partial charge >= 0.3 is 0 Å². The fraction of sp³-hybridized carbons (Fsp3) is 0.100. The molecule has 0 atom stereocenters. The summed E-state index contributed by atoms with van der Waals surface area (Å²) in [7, 11) is 1.50. The first kappa shape index (κ1) is 22.2. The summed E-state index contributed by atoms with van der Waals surface area (Å²) in [6.07, 6.45) is 0. The van der Waals surface area contributed by atoms with Crippen LogP contribution in [0.5, 0.6) is 5.75 Å². The van der Waals surface area contributed by atoms with Crippen LogP contribution in [-0.4, -0.2) is 34.6 Å². The molecule has 3 rings (SSSR count). The number of H-pyrrole nitrogens is 1. The summed E-state index contributed by atoms with van der Waals surface area (Å²) in [5, 5.41) is 5.77. The molecule has 2 amide bonds. The van der Waals surface area contributed by atoms with Crippen LogP contribution in [0.4, 0.5) is 17.2 Å². The van der Waals surface area contributed by atoms with Crippen molar-refractivity contribution in [3.63, 3.8) is 0 Å². The van der Waals surface area contributed by atoms with Crippen molar-refractivity contribution in [2.24, 2.45) is 0 Å². The number of para-hydroxylation sites is 2. The number of aromatic amines is 1. The molecule has 0 bridgehead atoms. The lowest BCUT2D eigenvalue weighted by Gasteiger charge is -2.10. The number of halogens is 1. The number of carbonyl (C=O) groups excluding carboxylic acids is 2. The summed E-state index contributed by atoms with van der Waals surface area (Å²) in [5.74, 6) is -0.532. The van der Waals surface area contributed by atoms with E-state index in [0.717, 1.165) is 11.8 Å². The number of thioether (sulfide) groups is 1. The number of anilines is 3. The zero-order chi connectivity index (χ0) is 22.4. The van der Waals surface area contributed by atoms with E-state index in [-0.39, 0.29) is 28.3 Å². The second-order valence-corrected chi connectivity index (χ2v) is 7.53. The number of amides is 2. The molecular formula is C20H18ClN5O4S. The predicted octanol–water partition coefficient (Wildman–Crippen LogP) is 3.00.